The first-order valence-corrected chi connectivity index (χ1v) is 4.55. The van der Waals surface area contributed by atoms with Crippen molar-refractivity contribution in [3.8, 4) is 0 Å². The SMILES string of the molecule is CC(C)[C@H]1N[C@@H]1C1CCC1. The molecule has 1 saturated heterocycles. The minimum absolute atomic E-state index is 0.852. The van der Waals surface area contributed by atoms with Gasteiger partial charge in [-0.05, 0) is 24.7 Å². The first kappa shape index (κ1) is 6.66. The summed E-state index contributed by atoms with van der Waals surface area (Å²) in [5.74, 6) is 1.90. The molecule has 2 fully saturated rings. The van der Waals surface area contributed by atoms with Gasteiger partial charge in [-0.2, -0.15) is 0 Å². The fraction of sp³-hybridized carbons (Fsp3) is 1.00. The first-order valence-electron chi connectivity index (χ1n) is 4.55. The lowest BCUT2D eigenvalue weighted by atomic mass is 9.80. The second-order valence-corrected chi connectivity index (χ2v) is 4.15. The maximum atomic E-state index is 3.57. The minimum Gasteiger partial charge on any atom is -0.308 e. The summed E-state index contributed by atoms with van der Waals surface area (Å²) >= 11 is 0. The van der Waals surface area contributed by atoms with Crippen LogP contribution in [0.1, 0.15) is 33.1 Å². The lowest BCUT2D eigenvalue weighted by Crippen LogP contribution is -2.20. The zero-order valence-electron chi connectivity index (χ0n) is 6.93. The van der Waals surface area contributed by atoms with Gasteiger partial charge >= 0.3 is 0 Å². The van der Waals surface area contributed by atoms with Crippen molar-refractivity contribution in [2.24, 2.45) is 11.8 Å². The van der Waals surface area contributed by atoms with Gasteiger partial charge in [-0.3, -0.25) is 0 Å². The summed E-state index contributed by atoms with van der Waals surface area (Å²) in [5, 5.41) is 3.57. The molecule has 1 saturated carbocycles. The molecule has 0 bridgehead atoms. The van der Waals surface area contributed by atoms with E-state index < -0.39 is 0 Å². The Balaban J connectivity index is 1.78. The molecule has 0 aromatic rings. The van der Waals surface area contributed by atoms with Gasteiger partial charge in [-0.15, -0.1) is 0 Å². The van der Waals surface area contributed by atoms with Crippen LogP contribution in [0, 0.1) is 11.8 Å². The van der Waals surface area contributed by atoms with E-state index in [1.807, 2.05) is 0 Å². The predicted molar refractivity (Wildman–Crippen MR) is 42.9 cm³/mol. The number of nitrogens with one attached hydrogen (secondary N) is 1. The van der Waals surface area contributed by atoms with Crippen molar-refractivity contribution in [1.82, 2.24) is 5.32 Å². The van der Waals surface area contributed by atoms with E-state index in [1.165, 1.54) is 19.3 Å². The lowest BCUT2D eigenvalue weighted by molar-refractivity contribution is 0.301. The maximum absolute atomic E-state index is 3.57. The highest BCUT2D eigenvalue weighted by Gasteiger charge is 2.45. The molecule has 1 aliphatic heterocycles. The second kappa shape index (κ2) is 2.23. The Kier molecular flexibility index (Phi) is 1.48. The summed E-state index contributed by atoms with van der Waals surface area (Å²) < 4.78 is 0. The first-order chi connectivity index (χ1) is 4.79. The zero-order chi connectivity index (χ0) is 7.14. The Morgan fingerprint density at radius 3 is 2.30 bits per heavy atom. The third-order valence-corrected chi connectivity index (χ3v) is 3.04. The van der Waals surface area contributed by atoms with E-state index in [4.69, 9.17) is 0 Å². The van der Waals surface area contributed by atoms with Gasteiger partial charge in [0.05, 0.1) is 0 Å². The fourth-order valence-electron chi connectivity index (χ4n) is 2.00. The molecule has 0 aromatic carbocycles. The largest absolute Gasteiger partial charge is 0.308 e. The van der Waals surface area contributed by atoms with E-state index in [1.54, 1.807) is 0 Å². The molecular formula is C9H17N. The van der Waals surface area contributed by atoms with Crippen molar-refractivity contribution < 1.29 is 0 Å². The van der Waals surface area contributed by atoms with Crippen molar-refractivity contribution in [2.75, 3.05) is 0 Å². The molecule has 1 N–H and O–H groups in total. The molecule has 2 atom stereocenters. The van der Waals surface area contributed by atoms with Crippen molar-refractivity contribution in [3.63, 3.8) is 0 Å². The van der Waals surface area contributed by atoms with Crippen molar-refractivity contribution in [2.45, 2.75) is 45.2 Å². The molecule has 0 radical (unpaired) electrons. The van der Waals surface area contributed by atoms with E-state index in [0.717, 1.165) is 23.9 Å². The highest BCUT2D eigenvalue weighted by Crippen LogP contribution is 2.38. The predicted octanol–water partition coefficient (Wildman–Crippen LogP) is 1.78. The van der Waals surface area contributed by atoms with Crippen LogP contribution in [0.15, 0.2) is 0 Å². The Labute approximate surface area is 63.2 Å². The van der Waals surface area contributed by atoms with Gasteiger partial charge < -0.3 is 5.32 Å². The van der Waals surface area contributed by atoms with Gasteiger partial charge in [0, 0.05) is 12.1 Å². The second-order valence-electron chi connectivity index (χ2n) is 4.15. The highest BCUT2D eigenvalue weighted by atomic mass is 15.2. The fourth-order valence-corrected chi connectivity index (χ4v) is 2.00. The number of hydrogen-bond acceptors (Lipinski definition) is 1. The van der Waals surface area contributed by atoms with Crippen LogP contribution in [0.2, 0.25) is 0 Å². The molecule has 1 heterocycles. The van der Waals surface area contributed by atoms with Crippen LogP contribution < -0.4 is 5.32 Å². The lowest BCUT2D eigenvalue weighted by Gasteiger charge is -2.24. The van der Waals surface area contributed by atoms with Crippen LogP contribution in [0.5, 0.6) is 0 Å². The van der Waals surface area contributed by atoms with Gasteiger partial charge in [0.25, 0.3) is 0 Å². The molecular weight excluding hydrogens is 122 g/mol. The van der Waals surface area contributed by atoms with E-state index in [9.17, 15) is 0 Å². The molecule has 1 nitrogen and oxygen atoms in total. The summed E-state index contributed by atoms with van der Waals surface area (Å²) in [6, 6.07) is 1.78. The summed E-state index contributed by atoms with van der Waals surface area (Å²) in [6.45, 7) is 4.63. The smallest absolute Gasteiger partial charge is 0.0255 e. The highest BCUT2D eigenvalue weighted by molar-refractivity contribution is 5.05. The van der Waals surface area contributed by atoms with E-state index in [2.05, 4.69) is 19.2 Å². The monoisotopic (exact) mass is 139 g/mol. The van der Waals surface area contributed by atoms with Gasteiger partial charge in [0.1, 0.15) is 0 Å². The standard InChI is InChI=1S/C9H17N/c1-6(2)8-9(10-8)7-4-3-5-7/h6-10H,3-5H2,1-2H3/t8-,9-/m1/s1. The van der Waals surface area contributed by atoms with Crippen LogP contribution in [0.3, 0.4) is 0 Å². The van der Waals surface area contributed by atoms with Gasteiger partial charge in [0.15, 0.2) is 0 Å². The molecule has 0 spiro atoms. The quantitative estimate of drug-likeness (QED) is 0.579. The zero-order valence-corrected chi connectivity index (χ0v) is 6.93. The van der Waals surface area contributed by atoms with Gasteiger partial charge in [-0.1, -0.05) is 20.3 Å². The van der Waals surface area contributed by atoms with Gasteiger partial charge in [0.2, 0.25) is 0 Å². The number of hydrogen-bond donors (Lipinski definition) is 1. The Morgan fingerprint density at radius 2 is 2.00 bits per heavy atom. The normalized spacial score (nSPS) is 39.9. The molecule has 1 aliphatic carbocycles. The summed E-state index contributed by atoms with van der Waals surface area (Å²) in [5.41, 5.74) is 0. The van der Waals surface area contributed by atoms with Crippen molar-refractivity contribution >= 4 is 0 Å². The van der Waals surface area contributed by atoms with Crippen LogP contribution in [-0.4, -0.2) is 12.1 Å². The molecule has 2 rings (SSSR count). The summed E-state index contributed by atoms with van der Waals surface area (Å²) in [4.78, 5) is 0. The van der Waals surface area contributed by atoms with Gasteiger partial charge in [-0.25, -0.2) is 0 Å². The minimum atomic E-state index is 0.852. The third-order valence-electron chi connectivity index (χ3n) is 3.04. The Bertz CT molecular complexity index is 127. The molecule has 1 heteroatoms. The summed E-state index contributed by atoms with van der Waals surface area (Å²) in [7, 11) is 0. The molecule has 58 valence electrons. The van der Waals surface area contributed by atoms with E-state index in [-0.39, 0.29) is 0 Å². The Hall–Kier alpha value is -0.0400. The Morgan fingerprint density at radius 1 is 1.30 bits per heavy atom. The van der Waals surface area contributed by atoms with E-state index in [0.29, 0.717) is 0 Å². The van der Waals surface area contributed by atoms with Crippen molar-refractivity contribution in [3.05, 3.63) is 0 Å². The molecule has 0 unspecified atom stereocenters. The molecule has 0 amide bonds. The third kappa shape index (κ3) is 0.968. The summed E-state index contributed by atoms with van der Waals surface area (Å²) in [6.07, 6.45) is 4.45. The topological polar surface area (TPSA) is 21.9 Å². The van der Waals surface area contributed by atoms with Crippen LogP contribution in [0.4, 0.5) is 0 Å². The average molecular weight is 139 g/mol. The van der Waals surface area contributed by atoms with Crippen LogP contribution >= 0.6 is 0 Å². The average Bonchev–Trinajstić information content (AvgIpc) is 2.40. The molecule has 10 heavy (non-hydrogen) atoms. The number of rotatable bonds is 2. The van der Waals surface area contributed by atoms with Crippen LogP contribution in [-0.2, 0) is 0 Å². The van der Waals surface area contributed by atoms with Crippen LogP contribution in [0.25, 0.3) is 0 Å². The molecule has 2 aliphatic rings. The van der Waals surface area contributed by atoms with E-state index >= 15 is 0 Å². The maximum Gasteiger partial charge on any atom is 0.0255 e. The molecule has 0 aromatic heterocycles. The van der Waals surface area contributed by atoms with Crippen molar-refractivity contribution in [1.29, 1.82) is 0 Å².